The zero-order valence-corrected chi connectivity index (χ0v) is 14.0. The Kier molecular flexibility index (Phi) is 5.05. The van der Waals surface area contributed by atoms with Crippen LogP contribution in [-0.4, -0.2) is 48.4 Å². The molecule has 0 saturated carbocycles. The van der Waals surface area contributed by atoms with E-state index >= 15 is 0 Å². The van der Waals surface area contributed by atoms with Gasteiger partial charge in [0.25, 0.3) is 0 Å². The Morgan fingerprint density at radius 3 is 1.40 bits per heavy atom. The van der Waals surface area contributed by atoms with Crippen molar-refractivity contribution in [3.63, 3.8) is 0 Å². The van der Waals surface area contributed by atoms with Crippen LogP contribution in [-0.2, 0) is 0 Å². The van der Waals surface area contributed by atoms with Crippen molar-refractivity contribution < 1.29 is 19.8 Å². The normalized spacial score (nSPS) is 10.6. The second-order valence-electron chi connectivity index (χ2n) is 3.84. The molecule has 20 heavy (non-hydrogen) atoms. The van der Waals surface area contributed by atoms with E-state index in [0.717, 1.165) is 8.70 Å². The molecular weight excluding hydrogens is 382 g/mol. The van der Waals surface area contributed by atoms with E-state index in [0.29, 0.717) is 11.1 Å². The van der Waals surface area contributed by atoms with Gasteiger partial charge in [0.05, 0.1) is 0 Å². The molecule has 0 bridgehead atoms. The van der Waals surface area contributed by atoms with E-state index in [1.54, 1.807) is 24.3 Å². The summed E-state index contributed by atoms with van der Waals surface area (Å²) in [6.45, 7) is 0. The second-order valence-corrected chi connectivity index (χ2v) is 11.1. The summed E-state index contributed by atoms with van der Waals surface area (Å²) in [6.07, 6.45) is 0. The summed E-state index contributed by atoms with van der Waals surface area (Å²) in [6, 6.07) is 13.9. The first-order valence-electron chi connectivity index (χ1n) is 5.66. The molecule has 0 fully saturated rings. The zero-order chi connectivity index (χ0) is 14.5. The van der Waals surface area contributed by atoms with Gasteiger partial charge in [0.15, 0.2) is 0 Å². The Morgan fingerprint density at radius 2 is 1.05 bits per heavy atom. The summed E-state index contributed by atoms with van der Waals surface area (Å²) in [4.78, 5) is 22.3. The Balaban J connectivity index is 2.40. The number of hydrogen-bond acceptors (Lipinski definition) is 2. The van der Waals surface area contributed by atoms with Crippen LogP contribution in [0.3, 0.4) is 0 Å². The van der Waals surface area contributed by atoms with Crippen molar-refractivity contribution in [2.45, 2.75) is 0 Å². The molecule has 0 aromatic heterocycles. The van der Waals surface area contributed by atoms with Crippen molar-refractivity contribution >= 4 is 46.9 Å². The fourth-order valence-electron chi connectivity index (χ4n) is 1.59. The summed E-state index contributed by atoms with van der Waals surface area (Å²) >= 11 is -0.679. The maximum atomic E-state index is 11.1. The molecule has 0 aliphatic rings. The quantitative estimate of drug-likeness (QED) is 0.738. The molecule has 0 aliphatic heterocycles. The average Bonchev–Trinajstić information content (AvgIpc) is 2.45. The van der Waals surface area contributed by atoms with Crippen LogP contribution in [0.2, 0.25) is 0 Å². The average molecular weight is 392 g/mol. The summed E-state index contributed by atoms with van der Waals surface area (Å²) in [5, 5.41) is 18.3. The molecule has 2 rings (SSSR count). The molecular formula is C14H10As2O4. The van der Waals surface area contributed by atoms with Crippen molar-refractivity contribution in [1.29, 1.82) is 0 Å². The monoisotopic (exact) mass is 392 g/mol. The summed E-state index contributed by atoms with van der Waals surface area (Å²) in [5.41, 5.74) is 0.659. The summed E-state index contributed by atoms with van der Waals surface area (Å²) in [5.74, 6) is -1.85. The Morgan fingerprint density at radius 1 is 0.700 bits per heavy atom. The molecule has 0 amide bonds. The summed E-state index contributed by atoms with van der Waals surface area (Å²) in [7, 11) is 0. The van der Waals surface area contributed by atoms with Crippen LogP contribution in [0.5, 0.6) is 0 Å². The second kappa shape index (κ2) is 6.78. The molecule has 0 aliphatic carbocycles. The van der Waals surface area contributed by atoms with Gasteiger partial charge in [-0.05, 0) is 0 Å². The standard InChI is InChI=1S/C14H10As2O4/c17-13(18)9-5-1-3-7-11(9)15-16-12-8-4-2-6-10(12)14(19)20/h1-8H,(H,17,18)(H,19,20). The van der Waals surface area contributed by atoms with Gasteiger partial charge in [0.2, 0.25) is 0 Å². The van der Waals surface area contributed by atoms with Crippen molar-refractivity contribution in [3.05, 3.63) is 59.7 Å². The minimum absolute atomic E-state index is 0.329. The Hall–Kier alpha value is -1.50. The molecule has 100 valence electrons. The number of benzene rings is 2. The number of rotatable bonds is 4. The van der Waals surface area contributed by atoms with Gasteiger partial charge in [-0.3, -0.25) is 0 Å². The van der Waals surface area contributed by atoms with E-state index in [-0.39, 0.29) is 26.3 Å². The molecule has 0 radical (unpaired) electrons. The van der Waals surface area contributed by atoms with Crippen LogP contribution in [0.15, 0.2) is 48.5 Å². The van der Waals surface area contributed by atoms with Crippen LogP contribution in [0, 0.1) is 0 Å². The molecule has 0 atom stereocenters. The van der Waals surface area contributed by atoms with Crippen molar-refractivity contribution in [2.24, 2.45) is 0 Å². The third kappa shape index (κ3) is 3.53. The van der Waals surface area contributed by atoms with Crippen LogP contribution in [0.1, 0.15) is 20.7 Å². The molecule has 0 unspecified atom stereocenters. The summed E-state index contributed by atoms with van der Waals surface area (Å²) < 4.78 is 1.69. The SMILES string of the molecule is O=C(O)c1ccccc1[As]=[As]c1ccccc1C(=O)O. The molecule has 2 aromatic carbocycles. The molecule has 6 heteroatoms. The fourth-order valence-corrected chi connectivity index (χ4v) is 10.0. The third-order valence-electron chi connectivity index (χ3n) is 2.53. The third-order valence-corrected chi connectivity index (χ3v) is 11.1. The van der Waals surface area contributed by atoms with E-state index in [1.807, 2.05) is 24.3 Å². The van der Waals surface area contributed by atoms with Crippen LogP contribution < -0.4 is 8.70 Å². The van der Waals surface area contributed by atoms with Crippen LogP contribution >= 0.6 is 0 Å². The van der Waals surface area contributed by atoms with Gasteiger partial charge >= 0.3 is 126 Å². The number of hydrogen-bond donors (Lipinski definition) is 2. The van der Waals surface area contributed by atoms with Crippen molar-refractivity contribution in [2.75, 3.05) is 0 Å². The number of carboxylic acid groups (broad SMARTS) is 2. The predicted octanol–water partition coefficient (Wildman–Crippen LogP) is 0.357. The van der Waals surface area contributed by atoms with Gasteiger partial charge in [-0.25, -0.2) is 0 Å². The number of aromatic carboxylic acids is 2. The predicted molar refractivity (Wildman–Crippen MR) is 77.6 cm³/mol. The van der Waals surface area contributed by atoms with Crippen LogP contribution in [0.4, 0.5) is 0 Å². The van der Waals surface area contributed by atoms with Gasteiger partial charge < -0.3 is 0 Å². The van der Waals surface area contributed by atoms with Gasteiger partial charge in [0.1, 0.15) is 0 Å². The maximum absolute atomic E-state index is 11.1. The number of carbonyl (C=O) groups is 2. The first-order valence-corrected chi connectivity index (χ1v) is 12.7. The van der Waals surface area contributed by atoms with E-state index in [2.05, 4.69) is 0 Å². The van der Waals surface area contributed by atoms with Crippen molar-refractivity contribution in [1.82, 2.24) is 0 Å². The van der Waals surface area contributed by atoms with Gasteiger partial charge in [0, 0.05) is 0 Å². The molecule has 0 saturated heterocycles. The number of carboxylic acids is 2. The Bertz CT molecular complexity index is 636. The first kappa shape index (κ1) is 14.9. The van der Waals surface area contributed by atoms with Crippen LogP contribution in [0.25, 0.3) is 0 Å². The molecule has 0 spiro atoms. The van der Waals surface area contributed by atoms with E-state index in [1.165, 1.54) is 0 Å². The molecule has 4 nitrogen and oxygen atoms in total. The van der Waals surface area contributed by atoms with E-state index < -0.39 is 11.9 Å². The molecule has 0 heterocycles. The topological polar surface area (TPSA) is 74.6 Å². The van der Waals surface area contributed by atoms with Gasteiger partial charge in [-0.2, -0.15) is 0 Å². The van der Waals surface area contributed by atoms with Gasteiger partial charge in [-0.1, -0.05) is 0 Å². The zero-order valence-electron chi connectivity index (χ0n) is 10.2. The minimum atomic E-state index is -0.927. The fraction of sp³-hybridized carbons (Fsp3) is 0. The van der Waals surface area contributed by atoms with Gasteiger partial charge in [-0.15, -0.1) is 0 Å². The Labute approximate surface area is 126 Å². The van der Waals surface area contributed by atoms with Crippen molar-refractivity contribution in [3.8, 4) is 0 Å². The van der Waals surface area contributed by atoms with E-state index in [4.69, 9.17) is 10.2 Å². The first-order chi connectivity index (χ1) is 9.59. The van der Waals surface area contributed by atoms with E-state index in [9.17, 15) is 9.59 Å². The molecule has 2 N–H and O–H groups in total. The molecule has 2 aromatic rings.